The Balaban J connectivity index is 2.97. The van der Waals surface area contributed by atoms with Crippen molar-refractivity contribution in [1.29, 1.82) is 5.26 Å². The molecule has 1 aliphatic heterocycles. The molecule has 2 atom stereocenters. The molecule has 0 aromatic rings. The number of aliphatic hydroxyl groups is 1. The maximum Gasteiger partial charge on any atom is 0.152 e. The number of sulfone groups is 1. The van der Waals surface area contributed by atoms with Crippen molar-refractivity contribution < 1.29 is 13.5 Å². The van der Waals surface area contributed by atoms with E-state index in [1.54, 1.807) is 0 Å². The van der Waals surface area contributed by atoms with Crippen LogP contribution >= 0.6 is 0 Å². The third kappa shape index (κ3) is 1.45. The molecule has 1 aliphatic rings. The highest BCUT2D eigenvalue weighted by molar-refractivity contribution is 7.91. The second kappa shape index (κ2) is 2.71. The zero-order valence-corrected chi connectivity index (χ0v) is 7.63. The number of hydrogen-bond acceptors (Lipinski definition) is 4. The van der Waals surface area contributed by atoms with Gasteiger partial charge >= 0.3 is 0 Å². The molecule has 1 saturated heterocycles. The van der Waals surface area contributed by atoms with Crippen LogP contribution in [-0.2, 0) is 9.84 Å². The molecule has 0 aromatic heterocycles. The Morgan fingerprint density at radius 3 is 2.42 bits per heavy atom. The van der Waals surface area contributed by atoms with Crippen LogP contribution in [0.15, 0.2) is 0 Å². The van der Waals surface area contributed by atoms with E-state index in [1.807, 2.05) is 6.07 Å². The predicted molar refractivity (Wildman–Crippen MR) is 43.0 cm³/mol. The first-order chi connectivity index (χ1) is 5.42. The van der Waals surface area contributed by atoms with Crippen molar-refractivity contribution in [3.8, 4) is 6.07 Å². The van der Waals surface area contributed by atoms with Crippen LogP contribution in [0.4, 0.5) is 0 Å². The van der Waals surface area contributed by atoms with Gasteiger partial charge in [-0.15, -0.1) is 0 Å². The first-order valence-electron chi connectivity index (χ1n) is 3.72. The molecule has 0 aliphatic carbocycles. The van der Waals surface area contributed by atoms with Crippen molar-refractivity contribution in [2.24, 2.45) is 5.41 Å². The van der Waals surface area contributed by atoms with Gasteiger partial charge in [0.2, 0.25) is 0 Å². The lowest BCUT2D eigenvalue weighted by atomic mass is 9.84. The average molecular weight is 189 g/mol. The van der Waals surface area contributed by atoms with Crippen molar-refractivity contribution in [3.05, 3.63) is 0 Å². The van der Waals surface area contributed by atoms with Crippen LogP contribution in [-0.4, -0.2) is 31.1 Å². The van der Waals surface area contributed by atoms with Gasteiger partial charge in [0.05, 0.1) is 29.1 Å². The molecular formula is C7H11NO3S. The van der Waals surface area contributed by atoms with E-state index >= 15 is 0 Å². The quantitative estimate of drug-likeness (QED) is 0.614. The second-order valence-electron chi connectivity index (χ2n) is 3.29. The van der Waals surface area contributed by atoms with E-state index in [1.165, 1.54) is 6.92 Å². The Hall–Kier alpha value is -0.600. The molecule has 0 saturated carbocycles. The fourth-order valence-electron chi connectivity index (χ4n) is 1.39. The Labute approximate surface area is 71.7 Å². The maximum absolute atomic E-state index is 11.0. The van der Waals surface area contributed by atoms with Crippen molar-refractivity contribution >= 4 is 9.84 Å². The van der Waals surface area contributed by atoms with Gasteiger partial charge in [0.1, 0.15) is 0 Å². The summed E-state index contributed by atoms with van der Waals surface area (Å²) < 4.78 is 22.1. The van der Waals surface area contributed by atoms with Gasteiger partial charge in [-0.2, -0.15) is 5.26 Å². The molecular weight excluding hydrogens is 178 g/mol. The summed E-state index contributed by atoms with van der Waals surface area (Å²) in [5, 5.41) is 18.0. The third-order valence-electron chi connectivity index (χ3n) is 2.36. The number of aliphatic hydroxyl groups excluding tert-OH is 1. The van der Waals surface area contributed by atoms with Gasteiger partial charge in [-0.25, -0.2) is 8.42 Å². The highest BCUT2D eigenvalue weighted by atomic mass is 32.2. The summed E-state index contributed by atoms with van der Waals surface area (Å²) in [5.74, 6) is -0.181. The van der Waals surface area contributed by atoms with E-state index in [4.69, 9.17) is 5.26 Å². The lowest BCUT2D eigenvalue weighted by Crippen LogP contribution is -2.32. The molecule has 1 heterocycles. The molecule has 68 valence electrons. The molecule has 0 amide bonds. The standard InChI is InChI=1S/C7H11NO3S/c1-6(9)7(4-8)2-3-12(10,11)5-7/h6,9H,2-3,5H2,1H3. The topological polar surface area (TPSA) is 78.2 Å². The van der Waals surface area contributed by atoms with Gasteiger partial charge in [0.25, 0.3) is 0 Å². The van der Waals surface area contributed by atoms with E-state index in [2.05, 4.69) is 0 Å². The van der Waals surface area contributed by atoms with E-state index in [0.717, 1.165) is 0 Å². The van der Waals surface area contributed by atoms with Gasteiger partial charge in [-0.3, -0.25) is 0 Å². The maximum atomic E-state index is 11.0. The van der Waals surface area contributed by atoms with Gasteiger partial charge < -0.3 is 5.11 Å². The zero-order chi connectivity index (χ0) is 9.41. The molecule has 5 heteroatoms. The number of nitriles is 1. The summed E-state index contributed by atoms with van der Waals surface area (Å²) in [7, 11) is -3.09. The normalized spacial score (nSPS) is 35.8. The Bertz CT molecular complexity index is 314. The number of rotatable bonds is 1. The van der Waals surface area contributed by atoms with Crippen molar-refractivity contribution in [2.75, 3.05) is 11.5 Å². The first kappa shape index (κ1) is 9.49. The van der Waals surface area contributed by atoms with Crippen molar-refractivity contribution in [1.82, 2.24) is 0 Å². The molecule has 0 radical (unpaired) electrons. The Morgan fingerprint density at radius 2 is 2.25 bits per heavy atom. The van der Waals surface area contributed by atoms with E-state index in [0.29, 0.717) is 0 Å². The summed E-state index contributed by atoms with van der Waals surface area (Å²) >= 11 is 0. The van der Waals surface area contributed by atoms with Gasteiger partial charge in [0.15, 0.2) is 9.84 Å². The van der Waals surface area contributed by atoms with Crippen LogP contribution in [0.2, 0.25) is 0 Å². The lowest BCUT2D eigenvalue weighted by Gasteiger charge is -2.21. The Morgan fingerprint density at radius 1 is 1.67 bits per heavy atom. The average Bonchev–Trinajstić information content (AvgIpc) is 2.27. The van der Waals surface area contributed by atoms with Crippen LogP contribution < -0.4 is 0 Å². The fraction of sp³-hybridized carbons (Fsp3) is 0.857. The van der Waals surface area contributed by atoms with Crippen LogP contribution in [0, 0.1) is 16.7 Å². The van der Waals surface area contributed by atoms with Gasteiger partial charge in [0, 0.05) is 0 Å². The first-order valence-corrected chi connectivity index (χ1v) is 5.54. The summed E-state index contributed by atoms with van der Waals surface area (Å²) in [6.07, 6.45) is -0.622. The SMILES string of the molecule is CC(O)C1(C#N)CCS(=O)(=O)C1. The smallest absolute Gasteiger partial charge is 0.152 e. The summed E-state index contributed by atoms with van der Waals surface area (Å²) in [5.41, 5.74) is -1.06. The minimum absolute atomic E-state index is 0.0193. The highest BCUT2D eigenvalue weighted by Crippen LogP contribution is 2.34. The molecule has 0 aromatic carbocycles. The van der Waals surface area contributed by atoms with Gasteiger partial charge in [-0.1, -0.05) is 0 Å². The minimum atomic E-state index is -3.09. The Kier molecular flexibility index (Phi) is 2.15. The summed E-state index contributed by atoms with van der Waals surface area (Å²) in [6.45, 7) is 1.46. The molecule has 1 rings (SSSR count). The largest absolute Gasteiger partial charge is 0.392 e. The van der Waals surface area contributed by atoms with Crippen LogP contribution in [0.3, 0.4) is 0 Å². The minimum Gasteiger partial charge on any atom is -0.392 e. The third-order valence-corrected chi connectivity index (χ3v) is 4.14. The number of hydrogen-bond donors (Lipinski definition) is 1. The molecule has 4 nitrogen and oxygen atoms in total. The monoisotopic (exact) mass is 189 g/mol. The summed E-state index contributed by atoms with van der Waals surface area (Å²) in [6, 6.07) is 1.90. The van der Waals surface area contributed by atoms with Crippen molar-refractivity contribution in [2.45, 2.75) is 19.4 Å². The van der Waals surface area contributed by atoms with E-state index in [9.17, 15) is 13.5 Å². The zero-order valence-electron chi connectivity index (χ0n) is 6.82. The van der Waals surface area contributed by atoms with Crippen LogP contribution in [0.25, 0.3) is 0 Å². The highest BCUT2D eigenvalue weighted by Gasteiger charge is 2.46. The van der Waals surface area contributed by atoms with Crippen LogP contribution in [0.1, 0.15) is 13.3 Å². The number of nitrogens with zero attached hydrogens (tertiary/aromatic N) is 1. The molecule has 12 heavy (non-hydrogen) atoms. The van der Waals surface area contributed by atoms with Gasteiger partial charge in [-0.05, 0) is 13.3 Å². The van der Waals surface area contributed by atoms with E-state index in [-0.39, 0.29) is 17.9 Å². The fourth-order valence-corrected chi connectivity index (χ4v) is 3.44. The molecule has 0 spiro atoms. The lowest BCUT2D eigenvalue weighted by molar-refractivity contribution is 0.0968. The van der Waals surface area contributed by atoms with Crippen molar-refractivity contribution in [3.63, 3.8) is 0 Å². The summed E-state index contributed by atoms with van der Waals surface area (Å²) in [4.78, 5) is 0. The van der Waals surface area contributed by atoms with Crippen LogP contribution in [0.5, 0.6) is 0 Å². The molecule has 1 fully saturated rings. The molecule has 1 N–H and O–H groups in total. The molecule has 0 bridgehead atoms. The predicted octanol–water partition coefficient (Wildman–Crippen LogP) is -0.304. The molecule has 2 unspecified atom stereocenters. The van der Waals surface area contributed by atoms with E-state index < -0.39 is 21.4 Å². The second-order valence-corrected chi connectivity index (χ2v) is 5.47.